The van der Waals surface area contributed by atoms with E-state index in [1.54, 1.807) is 0 Å². The Morgan fingerprint density at radius 2 is 2.19 bits per heavy atom. The van der Waals surface area contributed by atoms with Crippen LogP contribution in [-0.2, 0) is 4.79 Å². The minimum Gasteiger partial charge on any atom is -0.486 e. The van der Waals surface area contributed by atoms with Gasteiger partial charge in [0.1, 0.15) is 6.04 Å². The monoisotopic (exact) mass is 316 g/mol. The highest BCUT2D eigenvalue weighted by molar-refractivity contribution is 6.32. The number of hydrogen-bond donors (Lipinski definition) is 2. The molecular formula is C13H17ClN2O5. The second-order valence-electron chi connectivity index (χ2n) is 4.69. The largest absolute Gasteiger partial charge is 0.486 e. The van der Waals surface area contributed by atoms with Gasteiger partial charge in [0.05, 0.1) is 16.6 Å². The summed E-state index contributed by atoms with van der Waals surface area (Å²) in [5.74, 6) is -1.04. The molecule has 0 amide bonds. The first-order valence-electron chi connectivity index (χ1n) is 6.37. The van der Waals surface area contributed by atoms with Crippen LogP contribution in [0.5, 0.6) is 5.75 Å². The van der Waals surface area contributed by atoms with Crippen molar-refractivity contribution in [3.05, 3.63) is 33.3 Å². The van der Waals surface area contributed by atoms with Crippen LogP contribution < -0.4 is 10.1 Å². The maximum Gasteiger partial charge on any atom is 0.320 e. The van der Waals surface area contributed by atoms with Gasteiger partial charge in [-0.1, -0.05) is 31.5 Å². The molecule has 1 aromatic carbocycles. The zero-order valence-corrected chi connectivity index (χ0v) is 12.5. The van der Waals surface area contributed by atoms with E-state index < -0.39 is 16.9 Å². The molecule has 21 heavy (non-hydrogen) atoms. The standard InChI is InChI=1S/C13H17ClN2O5/c1-8(2)15-10(13(17)18)6-7-21-12-9(14)4-3-5-11(12)16(19)20/h3-5,8,10,15H,6-7H2,1-2H3,(H,17,18). The van der Waals surface area contributed by atoms with Crippen LogP contribution in [0.4, 0.5) is 5.69 Å². The molecule has 1 unspecified atom stereocenters. The highest BCUT2D eigenvalue weighted by Crippen LogP contribution is 2.34. The van der Waals surface area contributed by atoms with E-state index in [1.165, 1.54) is 18.2 Å². The van der Waals surface area contributed by atoms with Crippen molar-refractivity contribution >= 4 is 23.3 Å². The van der Waals surface area contributed by atoms with Gasteiger partial charge in [-0.05, 0) is 6.07 Å². The second-order valence-corrected chi connectivity index (χ2v) is 5.10. The van der Waals surface area contributed by atoms with Crippen molar-refractivity contribution in [3.8, 4) is 5.75 Å². The number of nitro groups is 1. The SMILES string of the molecule is CC(C)NC(CCOc1c(Cl)cccc1[N+](=O)[O-])C(=O)O. The van der Waals surface area contributed by atoms with E-state index >= 15 is 0 Å². The van der Waals surface area contributed by atoms with Crippen LogP contribution in [-0.4, -0.2) is 34.7 Å². The topological polar surface area (TPSA) is 102 Å². The Bertz CT molecular complexity index is 521. The molecule has 1 atom stereocenters. The number of aliphatic carboxylic acids is 1. The van der Waals surface area contributed by atoms with Gasteiger partial charge in [-0.15, -0.1) is 0 Å². The third-order valence-electron chi connectivity index (χ3n) is 2.63. The normalized spacial score (nSPS) is 12.2. The lowest BCUT2D eigenvalue weighted by Gasteiger charge is -2.17. The number of carboxylic acid groups (broad SMARTS) is 1. The van der Waals surface area contributed by atoms with Gasteiger partial charge < -0.3 is 15.2 Å². The first kappa shape index (κ1) is 17.2. The molecule has 2 N–H and O–H groups in total. The number of carbonyl (C=O) groups is 1. The molecule has 7 nitrogen and oxygen atoms in total. The molecule has 0 saturated carbocycles. The van der Waals surface area contributed by atoms with Crippen LogP contribution in [0.25, 0.3) is 0 Å². The molecule has 0 radical (unpaired) electrons. The fourth-order valence-electron chi connectivity index (χ4n) is 1.74. The molecule has 116 valence electrons. The maximum absolute atomic E-state index is 11.1. The van der Waals surface area contributed by atoms with Crippen molar-refractivity contribution in [3.63, 3.8) is 0 Å². The molecule has 0 aliphatic carbocycles. The highest BCUT2D eigenvalue weighted by atomic mass is 35.5. The van der Waals surface area contributed by atoms with E-state index in [2.05, 4.69) is 5.32 Å². The van der Waals surface area contributed by atoms with Crippen molar-refractivity contribution in [1.29, 1.82) is 0 Å². The molecule has 0 fully saturated rings. The highest BCUT2D eigenvalue weighted by Gasteiger charge is 2.21. The summed E-state index contributed by atoms with van der Waals surface area (Å²) in [7, 11) is 0. The average Bonchev–Trinajstić information content (AvgIpc) is 2.38. The first-order chi connectivity index (χ1) is 9.82. The summed E-state index contributed by atoms with van der Waals surface area (Å²) in [6.45, 7) is 3.66. The molecule has 1 aromatic rings. The molecule has 0 saturated heterocycles. The van der Waals surface area contributed by atoms with Crippen LogP contribution in [0.1, 0.15) is 20.3 Å². The number of nitrogens with one attached hydrogen (secondary N) is 1. The van der Waals surface area contributed by atoms with Gasteiger partial charge in [0.25, 0.3) is 0 Å². The van der Waals surface area contributed by atoms with Crippen LogP contribution >= 0.6 is 11.6 Å². The van der Waals surface area contributed by atoms with E-state index in [4.69, 9.17) is 21.4 Å². The molecule has 0 spiro atoms. The molecule has 8 heteroatoms. The molecule has 0 heterocycles. The molecular weight excluding hydrogens is 300 g/mol. The lowest BCUT2D eigenvalue weighted by molar-refractivity contribution is -0.385. The minimum absolute atomic E-state index is 0.000694. The smallest absolute Gasteiger partial charge is 0.320 e. The Labute approximate surface area is 127 Å². The fraction of sp³-hybridized carbons (Fsp3) is 0.462. The number of carboxylic acids is 1. The van der Waals surface area contributed by atoms with Crippen LogP contribution in [0.15, 0.2) is 18.2 Å². The summed E-state index contributed by atoms with van der Waals surface area (Å²) in [6, 6.07) is 3.42. The van der Waals surface area contributed by atoms with Gasteiger partial charge in [0.2, 0.25) is 5.75 Å². The third-order valence-corrected chi connectivity index (χ3v) is 2.93. The van der Waals surface area contributed by atoms with E-state index in [-0.39, 0.29) is 35.5 Å². The predicted octanol–water partition coefficient (Wildman–Crippen LogP) is 2.47. The molecule has 1 rings (SSSR count). The number of ether oxygens (including phenoxy) is 1. The van der Waals surface area contributed by atoms with E-state index in [9.17, 15) is 14.9 Å². The number of halogens is 1. The van der Waals surface area contributed by atoms with Crippen molar-refractivity contribution < 1.29 is 19.6 Å². The first-order valence-corrected chi connectivity index (χ1v) is 6.75. The number of hydrogen-bond acceptors (Lipinski definition) is 5. The molecule has 0 aromatic heterocycles. The van der Waals surface area contributed by atoms with E-state index in [0.29, 0.717) is 0 Å². The second kappa shape index (κ2) is 7.80. The van der Waals surface area contributed by atoms with Crippen molar-refractivity contribution in [1.82, 2.24) is 5.32 Å². The summed E-state index contributed by atoms with van der Waals surface area (Å²) < 4.78 is 5.31. The summed E-state index contributed by atoms with van der Waals surface area (Å²) in [5, 5.41) is 22.9. The Morgan fingerprint density at radius 1 is 1.52 bits per heavy atom. The molecule has 0 aliphatic rings. The van der Waals surface area contributed by atoms with Crippen LogP contribution in [0.3, 0.4) is 0 Å². The van der Waals surface area contributed by atoms with Gasteiger partial charge in [0, 0.05) is 18.5 Å². The van der Waals surface area contributed by atoms with E-state index in [1.807, 2.05) is 13.8 Å². The quantitative estimate of drug-likeness (QED) is 0.564. The molecule has 0 aliphatic heterocycles. The number of nitro benzene ring substituents is 1. The Morgan fingerprint density at radius 3 is 2.71 bits per heavy atom. The minimum atomic E-state index is -0.999. The van der Waals surface area contributed by atoms with Gasteiger partial charge in [-0.25, -0.2) is 0 Å². The number of rotatable bonds is 8. The van der Waals surface area contributed by atoms with Crippen molar-refractivity contribution in [2.75, 3.05) is 6.61 Å². The van der Waals surface area contributed by atoms with Crippen LogP contribution in [0, 0.1) is 10.1 Å². The van der Waals surface area contributed by atoms with Crippen molar-refractivity contribution in [2.24, 2.45) is 0 Å². The fourth-order valence-corrected chi connectivity index (χ4v) is 1.97. The van der Waals surface area contributed by atoms with Crippen LogP contribution in [0.2, 0.25) is 5.02 Å². The lowest BCUT2D eigenvalue weighted by Crippen LogP contribution is -2.41. The Hall–Kier alpha value is -1.86. The van der Waals surface area contributed by atoms with Gasteiger partial charge in [-0.3, -0.25) is 14.9 Å². The zero-order chi connectivity index (χ0) is 16.0. The average molecular weight is 317 g/mol. The summed E-state index contributed by atoms with van der Waals surface area (Å²) in [5.41, 5.74) is -0.244. The van der Waals surface area contributed by atoms with Gasteiger partial charge in [0.15, 0.2) is 0 Å². The zero-order valence-electron chi connectivity index (χ0n) is 11.7. The third kappa shape index (κ3) is 5.20. The predicted molar refractivity (Wildman–Crippen MR) is 77.9 cm³/mol. The number of nitrogens with zero attached hydrogens (tertiary/aromatic N) is 1. The summed E-state index contributed by atoms with van der Waals surface area (Å²) >= 11 is 5.87. The lowest BCUT2D eigenvalue weighted by atomic mass is 10.2. The van der Waals surface area contributed by atoms with E-state index in [0.717, 1.165) is 0 Å². The maximum atomic E-state index is 11.1. The summed E-state index contributed by atoms with van der Waals surface area (Å²) in [4.78, 5) is 21.4. The van der Waals surface area contributed by atoms with Gasteiger partial charge in [-0.2, -0.15) is 0 Å². The Balaban J connectivity index is 2.71. The molecule has 0 bridgehead atoms. The van der Waals surface area contributed by atoms with Crippen molar-refractivity contribution in [2.45, 2.75) is 32.4 Å². The number of para-hydroxylation sites is 1. The summed E-state index contributed by atoms with van der Waals surface area (Å²) in [6.07, 6.45) is 0.163. The Kier molecular flexibility index (Phi) is 6.39. The number of benzene rings is 1. The van der Waals surface area contributed by atoms with Gasteiger partial charge >= 0.3 is 11.7 Å².